The van der Waals surface area contributed by atoms with Gasteiger partial charge < -0.3 is 5.32 Å². The van der Waals surface area contributed by atoms with E-state index in [1.54, 1.807) is 10.7 Å². The number of hydrogen-bond acceptors (Lipinski definition) is 6. The summed E-state index contributed by atoms with van der Waals surface area (Å²) in [5, 5.41) is 7.06. The molecule has 2 heterocycles. The first kappa shape index (κ1) is 19.5. The molecule has 0 aliphatic rings. The number of aromatic nitrogens is 4. The van der Waals surface area contributed by atoms with E-state index in [0.717, 1.165) is 11.4 Å². The van der Waals surface area contributed by atoms with E-state index in [1.165, 1.54) is 36.7 Å². The molecule has 0 atom stereocenters. The molecule has 0 radical (unpaired) electrons. The molecule has 10 heteroatoms. The van der Waals surface area contributed by atoms with Gasteiger partial charge in [-0.15, -0.1) is 0 Å². The summed E-state index contributed by atoms with van der Waals surface area (Å²) >= 11 is 0. The molecule has 1 aromatic carbocycles. The van der Waals surface area contributed by atoms with Crippen LogP contribution in [0.2, 0.25) is 0 Å². The van der Waals surface area contributed by atoms with Crippen molar-refractivity contribution in [2.75, 3.05) is 10.0 Å². The van der Waals surface area contributed by atoms with Crippen molar-refractivity contribution in [3.63, 3.8) is 0 Å². The van der Waals surface area contributed by atoms with Gasteiger partial charge in [0.05, 0.1) is 10.6 Å². The lowest BCUT2D eigenvalue weighted by atomic mass is 10.3. The molecule has 0 fully saturated rings. The minimum atomic E-state index is -3.81. The topological polar surface area (TPSA) is 119 Å². The molecule has 0 aliphatic heterocycles. The van der Waals surface area contributed by atoms with Gasteiger partial charge in [0, 0.05) is 36.7 Å². The third-order valence-electron chi connectivity index (χ3n) is 3.89. The molecular weight excluding hydrogens is 380 g/mol. The van der Waals surface area contributed by atoms with Gasteiger partial charge >= 0.3 is 0 Å². The number of sulfonamides is 1. The molecule has 0 bridgehead atoms. The number of nitrogens with one attached hydrogen (secondary N) is 2. The van der Waals surface area contributed by atoms with Crippen LogP contribution in [0.3, 0.4) is 0 Å². The number of amides is 1. The van der Waals surface area contributed by atoms with E-state index in [0.29, 0.717) is 12.2 Å². The molecule has 2 N–H and O–H groups in total. The van der Waals surface area contributed by atoms with Crippen molar-refractivity contribution in [2.45, 2.75) is 31.7 Å². The highest BCUT2D eigenvalue weighted by molar-refractivity contribution is 7.92. The van der Waals surface area contributed by atoms with E-state index in [2.05, 4.69) is 25.1 Å². The third kappa shape index (κ3) is 4.92. The van der Waals surface area contributed by atoms with Crippen molar-refractivity contribution < 1.29 is 13.2 Å². The summed E-state index contributed by atoms with van der Waals surface area (Å²) in [4.78, 5) is 19.8. The normalized spacial score (nSPS) is 11.2. The summed E-state index contributed by atoms with van der Waals surface area (Å²) in [6.45, 7) is 4.31. The molecule has 1 amide bonds. The molecule has 0 spiro atoms. The largest absolute Gasteiger partial charge is 0.326 e. The predicted octanol–water partition coefficient (Wildman–Crippen LogP) is 2.12. The second-order valence-electron chi connectivity index (χ2n) is 6.15. The van der Waals surface area contributed by atoms with Crippen molar-refractivity contribution in [3.05, 3.63) is 60.2 Å². The van der Waals surface area contributed by atoms with E-state index in [4.69, 9.17) is 0 Å². The molecular formula is C18H20N6O3S. The highest BCUT2D eigenvalue weighted by Crippen LogP contribution is 2.16. The molecule has 146 valence electrons. The highest BCUT2D eigenvalue weighted by Gasteiger charge is 2.15. The molecule has 0 aliphatic carbocycles. The summed E-state index contributed by atoms with van der Waals surface area (Å²) in [7, 11) is -3.81. The zero-order valence-corrected chi connectivity index (χ0v) is 16.3. The Kier molecular flexibility index (Phi) is 5.69. The van der Waals surface area contributed by atoms with Crippen molar-refractivity contribution in [2.24, 2.45) is 0 Å². The fourth-order valence-electron chi connectivity index (χ4n) is 2.58. The molecule has 3 rings (SSSR count). The van der Waals surface area contributed by atoms with Crippen LogP contribution >= 0.6 is 0 Å². The van der Waals surface area contributed by atoms with Crippen molar-refractivity contribution >= 4 is 27.6 Å². The Morgan fingerprint density at radius 3 is 2.39 bits per heavy atom. The first-order valence-corrected chi connectivity index (χ1v) is 10.0. The number of nitrogens with zero attached hydrogens (tertiary/aromatic N) is 4. The number of carbonyl (C=O) groups excluding carboxylic acids is 1. The van der Waals surface area contributed by atoms with Crippen molar-refractivity contribution in [1.29, 1.82) is 0 Å². The second kappa shape index (κ2) is 8.17. The van der Waals surface area contributed by atoms with Crippen molar-refractivity contribution in [3.8, 4) is 0 Å². The maximum atomic E-state index is 12.3. The Bertz CT molecular complexity index is 1060. The molecule has 3 aromatic rings. The van der Waals surface area contributed by atoms with Crippen LogP contribution in [-0.4, -0.2) is 34.1 Å². The molecule has 28 heavy (non-hydrogen) atoms. The number of carbonyl (C=O) groups is 1. The number of benzene rings is 1. The summed E-state index contributed by atoms with van der Waals surface area (Å²) in [5.74, 6) is -0.192. The van der Waals surface area contributed by atoms with Gasteiger partial charge in [-0.2, -0.15) is 5.10 Å². The zero-order chi connectivity index (χ0) is 20.1. The minimum absolute atomic E-state index is 0.0102. The van der Waals surface area contributed by atoms with Crippen LogP contribution in [0.25, 0.3) is 0 Å². The monoisotopic (exact) mass is 400 g/mol. The lowest BCUT2D eigenvalue weighted by Gasteiger charge is -2.09. The number of hydrogen-bond donors (Lipinski definition) is 2. The van der Waals surface area contributed by atoms with E-state index in [9.17, 15) is 13.2 Å². The predicted molar refractivity (Wildman–Crippen MR) is 104 cm³/mol. The van der Waals surface area contributed by atoms with E-state index in [-0.39, 0.29) is 23.2 Å². The first-order chi connectivity index (χ1) is 13.3. The highest BCUT2D eigenvalue weighted by atomic mass is 32.2. The van der Waals surface area contributed by atoms with E-state index >= 15 is 0 Å². The van der Waals surface area contributed by atoms with Crippen LogP contribution in [0.1, 0.15) is 17.8 Å². The standard InChI is InChI=1S/C18H20N6O3S/c1-13-12-14(2)24(22-13)11-8-17(25)21-15-4-6-16(7-5-15)28(26,27)23-18-19-9-3-10-20-18/h3-7,9-10,12H,8,11H2,1-2H3,(H,21,25)(H,19,20,23). The Balaban J connectivity index is 1.59. The van der Waals surface area contributed by atoms with Gasteiger partial charge in [0.1, 0.15) is 0 Å². The van der Waals surface area contributed by atoms with Gasteiger partial charge in [-0.25, -0.2) is 23.1 Å². The lowest BCUT2D eigenvalue weighted by molar-refractivity contribution is -0.116. The van der Waals surface area contributed by atoms with Gasteiger partial charge in [-0.05, 0) is 50.2 Å². The van der Waals surface area contributed by atoms with Gasteiger partial charge in [0.15, 0.2) is 0 Å². The second-order valence-corrected chi connectivity index (χ2v) is 7.83. The smallest absolute Gasteiger partial charge is 0.264 e. The van der Waals surface area contributed by atoms with Crippen LogP contribution in [-0.2, 0) is 21.4 Å². The summed E-state index contributed by atoms with van der Waals surface area (Å²) in [5.41, 5.74) is 2.41. The first-order valence-electron chi connectivity index (χ1n) is 8.54. The van der Waals surface area contributed by atoms with Gasteiger partial charge in [0.25, 0.3) is 10.0 Å². The average molecular weight is 400 g/mol. The molecule has 0 unspecified atom stereocenters. The Hall–Kier alpha value is -3.27. The quantitative estimate of drug-likeness (QED) is 0.627. The van der Waals surface area contributed by atoms with Gasteiger partial charge in [-0.1, -0.05) is 0 Å². The Morgan fingerprint density at radius 2 is 1.79 bits per heavy atom. The maximum absolute atomic E-state index is 12.3. The van der Waals surface area contributed by atoms with E-state index < -0.39 is 10.0 Å². The maximum Gasteiger partial charge on any atom is 0.264 e. The summed E-state index contributed by atoms with van der Waals surface area (Å²) < 4.78 is 28.8. The van der Waals surface area contributed by atoms with Crippen LogP contribution in [0.15, 0.2) is 53.7 Å². The fraction of sp³-hybridized carbons (Fsp3) is 0.222. The molecule has 9 nitrogen and oxygen atoms in total. The van der Waals surface area contributed by atoms with E-state index in [1.807, 2.05) is 19.9 Å². The van der Waals surface area contributed by atoms with Crippen LogP contribution in [0, 0.1) is 13.8 Å². The summed E-state index contributed by atoms with van der Waals surface area (Å²) in [6.07, 6.45) is 3.14. The Labute approximate surface area is 162 Å². The molecule has 2 aromatic heterocycles. The van der Waals surface area contributed by atoms with Crippen LogP contribution in [0.4, 0.5) is 11.6 Å². The molecule has 0 saturated carbocycles. The number of aryl methyl sites for hydroxylation is 3. The van der Waals surface area contributed by atoms with Gasteiger partial charge in [0.2, 0.25) is 11.9 Å². The van der Waals surface area contributed by atoms with Crippen LogP contribution < -0.4 is 10.0 Å². The van der Waals surface area contributed by atoms with Crippen LogP contribution in [0.5, 0.6) is 0 Å². The zero-order valence-electron chi connectivity index (χ0n) is 15.5. The van der Waals surface area contributed by atoms with Crippen molar-refractivity contribution in [1.82, 2.24) is 19.7 Å². The Morgan fingerprint density at radius 1 is 1.11 bits per heavy atom. The van der Waals surface area contributed by atoms with Gasteiger partial charge in [-0.3, -0.25) is 9.48 Å². The number of rotatable bonds is 7. The summed E-state index contributed by atoms with van der Waals surface area (Å²) in [6, 6.07) is 9.41. The molecule has 0 saturated heterocycles. The number of anilines is 2. The SMILES string of the molecule is Cc1cc(C)n(CCC(=O)Nc2ccc(S(=O)(=O)Nc3ncccn3)cc2)n1. The lowest BCUT2D eigenvalue weighted by Crippen LogP contribution is -2.16. The fourth-order valence-corrected chi connectivity index (χ4v) is 3.54. The average Bonchev–Trinajstić information content (AvgIpc) is 2.98. The third-order valence-corrected chi connectivity index (χ3v) is 5.24. The minimum Gasteiger partial charge on any atom is -0.326 e.